The van der Waals surface area contributed by atoms with Crippen LogP contribution in [0.4, 0.5) is 23.5 Å². The summed E-state index contributed by atoms with van der Waals surface area (Å²) in [4.78, 5) is 16.0. The zero-order valence-electron chi connectivity index (χ0n) is 29.0. The Hall–Kier alpha value is -4.36. The lowest BCUT2D eigenvalue weighted by atomic mass is 10.1. The quantitative estimate of drug-likeness (QED) is 0.0802. The Morgan fingerprint density at radius 3 is 2.02 bits per heavy atom. The zero-order chi connectivity index (χ0) is 34.5. The third kappa shape index (κ3) is 10.1. The van der Waals surface area contributed by atoms with Crippen LogP contribution < -0.4 is 35.0 Å². The number of rotatable bonds is 20. The molecule has 0 spiro atoms. The zero-order valence-corrected chi connectivity index (χ0v) is 29.8. The van der Waals surface area contributed by atoms with E-state index in [0.717, 1.165) is 60.7 Å². The number of aromatic nitrogens is 3. The molecule has 0 aliphatic carbocycles. The van der Waals surface area contributed by atoms with Crippen LogP contribution >= 0.6 is 0 Å². The van der Waals surface area contributed by atoms with Crippen molar-refractivity contribution in [2.24, 2.45) is 5.92 Å². The van der Waals surface area contributed by atoms with Crippen molar-refractivity contribution in [2.75, 3.05) is 68.8 Å². The van der Waals surface area contributed by atoms with Crippen LogP contribution in [0, 0.1) is 5.92 Å². The van der Waals surface area contributed by atoms with Crippen molar-refractivity contribution < 1.29 is 17.9 Å². The van der Waals surface area contributed by atoms with Gasteiger partial charge in [0.15, 0.2) is 11.5 Å². The number of methoxy groups -OCH3 is 2. The van der Waals surface area contributed by atoms with E-state index in [1.807, 2.05) is 61.5 Å². The molecule has 1 heterocycles. The van der Waals surface area contributed by atoms with E-state index in [2.05, 4.69) is 49.5 Å². The highest BCUT2D eigenvalue weighted by Crippen LogP contribution is 2.32. The molecular weight excluding hydrogens is 629 g/mol. The normalized spacial score (nSPS) is 11.5. The molecule has 12 nitrogen and oxygen atoms in total. The molecule has 0 saturated carbocycles. The first-order chi connectivity index (χ1) is 23.1. The topological polar surface area (TPSA) is 143 Å². The molecule has 0 atom stereocenters. The van der Waals surface area contributed by atoms with Crippen LogP contribution in [0.25, 0.3) is 10.8 Å². The van der Waals surface area contributed by atoms with Gasteiger partial charge in [0, 0.05) is 62.3 Å². The lowest BCUT2D eigenvalue weighted by molar-refractivity contribution is 0.352. The Morgan fingerprint density at radius 1 is 0.729 bits per heavy atom. The first-order valence-corrected chi connectivity index (χ1v) is 18.0. The number of sulfonamides is 1. The summed E-state index contributed by atoms with van der Waals surface area (Å²) >= 11 is 0. The predicted octanol–water partition coefficient (Wildman–Crippen LogP) is 6.13. The fourth-order valence-corrected chi connectivity index (χ4v) is 6.62. The third-order valence-electron chi connectivity index (χ3n) is 7.87. The van der Waals surface area contributed by atoms with Gasteiger partial charge in [0.25, 0.3) is 0 Å². The molecule has 48 heavy (non-hydrogen) atoms. The molecule has 260 valence electrons. The average Bonchev–Trinajstić information content (AvgIpc) is 3.07. The molecule has 13 heteroatoms. The summed E-state index contributed by atoms with van der Waals surface area (Å²) in [5, 5.41) is 11.6. The van der Waals surface area contributed by atoms with E-state index in [1.54, 1.807) is 26.4 Å². The number of benzene rings is 3. The van der Waals surface area contributed by atoms with Gasteiger partial charge in [-0.25, -0.2) is 13.1 Å². The van der Waals surface area contributed by atoms with Gasteiger partial charge in [-0.15, -0.1) is 0 Å². The molecule has 0 fully saturated rings. The summed E-state index contributed by atoms with van der Waals surface area (Å²) < 4.78 is 40.2. The number of unbranched alkanes of at least 4 members (excludes halogenated alkanes) is 3. The molecule has 0 bridgehead atoms. The molecule has 3 aromatic carbocycles. The second kappa shape index (κ2) is 17.7. The molecule has 0 amide bonds. The van der Waals surface area contributed by atoms with E-state index in [1.165, 1.54) is 0 Å². The van der Waals surface area contributed by atoms with Gasteiger partial charge in [-0.05, 0) is 43.4 Å². The molecule has 0 aliphatic heterocycles. The van der Waals surface area contributed by atoms with E-state index in [9.17, 15) is 8.42 Å². The largest absolute Gasteiger partial charge is 0.493 e. The maximum atomic E-state index is 13.2. The van der Waals surface area contributed by atoms with Crippen LogP contribution in [0.2, 0.25) is 0 Å². The van der Waals surface area contributed by atoms with E-state index in [4.69, 9.17) is 9.47 Å². The second-order valence-electron chi connectivity index (χ2n) is 12.2. The highest BCUT2D eigenvalue weighted by atomic mass is 32.2. The van der Waals surface area contributed by atoms with Crippen molar-refractivity contribution in [1.29, 1.82) is 0 Å². The Balaban J connectivity index is 1.27. The van der Waals surface area contributed by atoms with Gasteiger partial charge in [0.2, 0.25) is 27.9 Å². The summed E-state index contributed by atoms with van der Waals surface area (Å²) in [6.45, 7) is 6.61. The van der Waals surface area contributed by atoms with Crippen molar-refractivity contribution in [3.8, 4) is 11.5 Å². The number of hydrogen-bond donors (Lipinski definition) is 4. The van der Waals surface area contributed by atoms with Crippen LogP contribution in [0.15, 0.2) is 59.5 Å². The number of anilines is 4. The maximum absolute atomic E-state index is 13.2. The SMILES string of the molecule is COc1cccc(CNc2nc(NCCCCCCNS(=O)(=O)c3cccc4c(N(C)C)cccc34)nc(NCCC(C)C)n2)c1OC. The van der Waals surface area contributed by atoms with Crippen molar-refractivity contribution in [3.63, 3.8) is 0 Å². The minimum Gasteiger partial charge on any atom is -0.493 e. The maximum Gasteiger partial charge on any atom is 0.241 e. The van der Waals surface area contributed by atoms with E-state index < -0.39 is 10.0 Å². The molecule has 0 saturated heterocycles. The first-order valence-electron chi connectivity index (χ1n) is 16.5. The number of nitrogens with one attached hydrogen (secondary N) is 4. The lowest BCUT2D eigenvalue weighted by Gasteiger charge is -2.17. The average molecular weight is 679 g/mol. The Labute approximate surface area is 285 Å². The fraction of sp³-hybridized carbons (Fsp3) is 0.457. The lowest BCUT2D eigenvalue weighted by Crippen LogP contribution is -2.25. The molecule has 0 radical (unpaired) electrons. The van der Waals surface area contributed by atoms with Crippen molar-refractivity contribution >= 4 is 44.3 Å². The fourth-order valence-electron chi connectivity index (χ4n) is 5.33. The Morgan fingerprint density at radius 2 is 1.35 bits per heavy atom. The van der Waals surface area contributed by atoms with Crippen LogP contribution in [0.5, 0.6) is 11.5 Å². The smallest absolute Gasteiger partial charge is 0.241 e. The Bertz CT molecular complexity index is 1730. The molecule has 4 N–H and O–H groups in total. The summed E-state index contributed by atoms with van der Waals surface area (Å²) in [7, 11) is 3.50. The third-order valence-corrected chi connectivity index (χ3v) is 9.39. The minimum atomic E-state index is -3.64. The predicted molar refractivity (Wildman–Crippen MR) is 195 cm³/mol. The van der Waals surface area contributed by atoms with Gasteiger partial charge in [0.05, 0.1) is 19.1 Å². The number of para-hydroxylation sites is 1. The summed E-state index contributed by atoms with van der Waals surface area (Å²) in [5.74, 6) is 3.31. The summed E-state index contributed by atoms with van der Waals surface area (Å²) in [6, 6.07) is 16.9. The van der Waals surface area contributed by atoms with Crippen LogP contribution in [-0.4, -0.2) is 71.3 Å². The van der Waals surface area contributed by atoms with Crippen LogP contribution in [0.1, 0.15) is 51.5 Å². The standard InChI is InChI=1S/C35H50N8O4S/c1-25(2)20-23-37-34-40-33(41-35(42-34)38-24-26-14-11-18-30(46-5)32(26)47-6)36-21-9-7-8-10-22-39-48(44,45)31-19-13-15-27-28(31)16-12-17-29(27)43(3)4/h11-19,25,39H,7-10,20-24H2,1-6H3,(H3,36,37,38,40,41,42). The number of ether oxygens (including phenoxy) is 2. The Kier molecular flexibility index (Phi) is 13.4. The highest BCUT2D eigenvalue weighted by Gasteiger charge is 2.18. The second-order valence-corrected chi connectivity index (χ2v) is 13.9. The van der Waals surface area contributed by atoms with Crippen molar-refractivity contribution in [1.82, 2.24) is 19.7 Å². The summed E-state index contributed by atoms with van der Waals surface area (Å²) in [5.41, 5.74) is 1.90. The molecule has 4 aromatic rings. The van der Waals surface area contributed by atoms with Gasteiger partial charge in [-0.2, -0.15) is 15.0 Å². The van der Waals surface area contributed by atoms with Gasteiger partial charge in [-0.1, -0.05) is 63.1 Å². The van der Waals surface area contributed by atoms with Crippen molar-refractivity contribution in [2.45, 2.75) is 57.4 Å². The molecular formula is C35H50N8O4S. The molecule has 0 unspecified atom stereocenters. The number of hydrogen-bond acceptors (Lipinski definition) is 11. The molecule has 4 rings (SSSR count). The van der Waals surface area contributed by atoms with Gasteiger partial charge in [0.1, 0.15) is 0 Å². The number of nitrogens with zero attached hydrogens (tertiary/aromatic N) is 4. The number of fused-ring (bicyclic) bond motifs is 1. The van der Waals surface area contributed by atoms with Gasteiger partial charge in [-0.3, -0.25) is 0 Å². The first kappa shape index (κ1) is 36.5. The molecule has 0 aliphatic rings. The highest BCUT2D eigenvalue weighted by molar-refractivity contribution is 7.89. The molecule has 1 aromatic heterocycles. The minimum absolute atomic E-state index is 0.305. The van der Waals surface area contributed by atoms with Crippen molar-refractivity contribution in [3.05, 3.63) is 60.2 Å². The van der Waals surface area contributed by atoms with E-state index in [-0.39, 0.29) is 0 Å². The van der Waals surface area contributed by atoms with E-state index >= 15 is 0 Å². The van der Waals surface area contributed by atoms with E-state index in [0.29, 0.717) is 59.8 Å². The van der Waals surface area contributed by atoms with Gasteiger partial charge < -0.3 is 30.3 Å². The van der Waals surface area contributed by atoms with Crippen LogP contribution in [0.3, 0.4) is 0 Å². The van der Waals surface area contributed by atoms with Crippen LogP contribution in [-0.2, 0) is 16.6 Å². The monoisotopic (exact) mass is 678 g/mol. The summed E-state index contributed by atoms with van der Waals surface area (Å²) in [6.07, 6.45) is 4.44. The van der Waals surface area contributed by atoms with Gasteiger partial charge >= 0.3 is 0 Å².